The number of unbranched alkanes of at least 4 members (excludes halogenated alkanes) is 2. The number of anilines is 2. The summed E-state index contributed by atoms with van der Waals surface area (Å²) in [6, 6.07) is 22.9. The fourth-order valence-corrected chi connectivity index (χ4v) is 10.5. The molecule has 3 aromatic carbocycles. The molecule has 1 spiro atoms. The number of benzene rings is 3. The monoisotopic (exact) mass is 637 g/mol. The van der Waals surface area contributed by atoms with Gasteiger partial charge < -0.3 is 19.8 Å². The number of rotatable bonds is 13. The number of aliphatic hydroxyl groups is 1. The van der Waals surface area contributed by atoms with Crippen LogP contribution in [0.4, 0.5) is 11.4 Å². The molecule has 1 N–H and O–H groups in total. The first kappa shape index (κ1) is 32.1. The summed E-state index contributed by atoms with van der Waals surface area (Å²) in [5.41, 5.74) is 1.53. The van der Waals surface area contributed by atoms with Crippen molar-refractivity contribution < 1.29 is 19.5 Å². The molecule has 46 heavy (non-hydrogen) atoms. The molecule has 3 fully saturated rings. The SMILES string of the molecule is C=CCN(C(=O)C1N(CCCCCO)C(=O)[C@@H]2[C@H](C(=O)N(CC=C)c3ccccc3)[C@@H]3CC(C)C12S3)c1ccc2ccccc2c1. The van der Waals surface area contributed by atoms with Gasteiger partial charge in [0.2, 0.25) is 11.8 Å². The Bertz CT molecular complexity index is 1630. The predicted octanol–water partition coefficient (Wildman–Crippen LogP) is 6.08. The van der Waals surface area contributed by atoms with Gasteiger partial charge in [-0.2, -0.15) is 0 Å². The summed E-state index contributed by atoms with van der Waals surface area (Å²) in [5.74, 6) is -1.41. The summed E-state index contributed by atoms with van der Waals surface area (Å²) in [4.78, 5) is 49.6. The van der Waals surface area contributed by atoms with E-state index in [0.29, 0.717) is 32.5 Å². The molecule has 7 nitrogen and oxygen atoms in total. The van der Waals surface area contributed by atoms with Crippen molar-refractivity contribution in [1.29, 1.82) is 0 Å². The van der Waals surface area contributed by atoms with E-state index in [0.717, 1.165) is 35.0 Å². The minimum atomic E-state index is -0.733. The van der Waals surface area contributed by atoms with E-state index >= 15 is 4.79 Å². The third kappa shape index (κ3) is 5.35. The highest BCUT2D eigenvalue weighted by Gasteiger charge is 2.76. The van der Waals surface area contributed by atoms with Crippen LogP contribution < -0.4 is 9.80 Å². The molecule has 0 radical (unpaired) electrons. The molecule has 8 heteroatoms. The molecule has 2 bridgehead atoms. The number of para-hydroxylation sites is 1. The normalized spacial score (nSPS) is 26.3. The van der Waals surface area contributed by atoms with E-state index in [4.69, 9.17) is 0 Å². The highest BCUT2D eigenvalue weighted by atomic mass is 32.2. The number of hydrogen-bond donors (Lipinski definition) is 1. The molecule has 3 aliphatic heterocycles. The maximum absolute atomic E-state index is 15.0. The number of fused-ring (bicyclic) bond motifs is 2. The lowest BCUT2D eigenvalue weighted by Crippen LogP contribution is -2.57. The second kappa shape index (κ2) is 13.5. The van der Waals surface area contributed by atoms with E-state index in [2.05, 4.69) is 20.1 Å². The van der Waals surface area contributed by atoms with E-state index in [9.17, 15) is 14.7 Å². The number of likely N-dealkylation sites (tertiary alicyclic amines) is 1. The number of aliphatic hydroxyl groups excluding tert-OH is 1. The van der Waals surface area contributed by atoms with Crippen molar-refractivity contribution in [2.45, 2.75) is 48.6 Å². The number of thioether (sulfide) groups is 1. The van der Waals surface area contributed by atoms with E-state index in [1.165, 1.54) is 0 Å². The van der Waals surface area contributed by atoms with Crippen molar-refractivity contribution in [3.8, 4) is 0 Å². The zero-order valence-electron chi connectivity index (χ0n) is 26.5. The molecule has 3 unspecified atom stereocenters. The molecule has 0 aliphatic carbocycles. The van der Waals surface area contributed by atoms with Gasteiger partial charge in [0.25, 0.3) is 5.91 Å². The fraction of sp³-hybridized carbons (Fsp3) is 0.395. The van der Waals surface area contributed by atoms with Gasteiger partial charge in [-0.1, -0.05) is 67.6 Å². The second-order valence-corrected chi connectivity index (χ2v) is 14.3. The van der Waals surface area contributed by atoms with Gasteiger partial charge in [0, 0.05) is 42.9 Å². The summed E-state index contributed by atoms with van der Waals surface area (Å²) in [6.07, 6.45) is 6.26. The summed E-state index contributed by atoms with van der Waals surface area (Å²) < 4.78 is -0.733. The first-order valence-corrected chi connectivity index (χ1v) is 17.2. The van der Waals surface area contributed by atoms with Crippen molar-refractivity contribution in [2.75, 3.05) is 36.0 Å². The van der Waals surface area contributed by atoms with E-state index in [-0.39, 0.29) is 35.5 Å². The first-order valence-electron chi connectivity index (χ1n) is 16.3. The van der Waals surface area contributed by atoms with Crippen LogP contribution in [0.5, 0.6) is 0 Å². The minimum Gasteiger partial charge on any atom is -0.396 e. The Kier molecular flexibility index (Phi) is 9.39. The van der Waals surface area contributed by atoms with Gasteiger partial charge in [-0.05, 0) is 66.6 Å². The number of nitrogens with zero attached hydrogens (tertiary/aromatic N) is 3. The summed E-state index contributed by atoms with van der Waals surface area (Å²) in [5, 5.41) is 11.5. The number of carbonyl (C=O) groups excluding carboxylic acids is 3. The van der Waals surface area contributed by atoms with Crippen LogP contribution in [0.1, 0.15) is 32.6 Å². The van der Waals surface area contributed by atoms with Crippen LogP contribution in [0.2, 0.25) is 0 Å². The Morgan fingerprint density at radius 3 is 2.28 bits per heavy atom. The van der Waals surface area contributed by atoms with Gasteiger partial charge in [-0.25, -0.2) is 0 Å². The molecule has 3 aliphatic rings. The van der Waals surface area contributed by atoms with Crippen LogP contribution >= 0.6 is 11.8 Å². The van der Waals surface area contributed by atoms with Crippen molar-refractivity contribution in [3.63, 3.8) is 0 Å². The summed E-state index contributed by atoms with van der Waals surface area (Å²) in [7, 11) is 0. The second-order valence-electron chi connectivity index (χ2n) is 12.7. The van der Waals surface area contributed by atoms with Gasteiger partial charge >= 0.3 is 0 Å². The molecule has 3 aromatic rings. The van der Waals surface area contributed by atoms with Crippen LogP contribution in [-0.4, -0.2) is 70.0 Å². The fourth-order valence-electron chi connectivity index (χ4n) is 8.08. The van der Waals surface area contributed by atoms with Crippen molar-refractivity contribution >= 4 is 51.6 Å². The lowest BCUT2D eigenvalue weighted by Gasteiger charge is -2.41. The Labute approximate surface area is 275 Å². The lowest BCUT2D eigenvalue weighted by molar-refractivity contribution is -0.139. The molecule has 6 rings (SSSR count). The van der Waals surface area contributed by atoms with Crippen LogP contribution in [0.3, 0.4) is 0 Å². The molecule has 3 saturated heterocycles. The maximum Gasteiger partial charge on any atom is 0.251 e. The van der Waals surface area contributed by atoms with Gasteiger partial charge in [-0.3, -0.25) is 14.4 Å². The number of amides is 3. The predicted molar refractivity (Wildman–Crippen MR) is 187 cm³/mol. The molecule has 0 aromatic heterocycles. The molecule has 3 amide bonds. The zero-order valence-corrected chi connectivity index (χ0v) is 27.3. The largest absolute Gasteiger partial charge is 0.396 e. The van der Waals surface area contributed by atoms with Gasteiger partial charge in [0.15, 0.2) is 0 Å². The lowest BCUT2D eigenvalue weighted by atomic mass is 9.65. The van der Waals surface area contributed by atoms with Crippen LogP contribution in [0.25, 0.3) is 10.8 Å². The van der Waals surface area contributed by atoms with Crippen molar-refractivity contribution in [2.24, 2.45) is 17.8 Å². The summed E-state index contributed by atoms with van der Waals surface area (Å²) >= 11 is 1.70. The van der Waals surface area contributed by atoms with Crippen LogP contribution in [0, 0.1) is 17.8 Å². The Morgan fingerprint density at radius 2 is 1.59 bits per heavy atom. The highest BCUT2D eigenvalue weighted by molar-refractivity contribution is 8.02. The quantitative estimate of drug-likeness (QED) is 0.182. The molecular weight excluding hydrogens is 595 g/mol. The number of hydrogen-bond acceptors (Lipinski definition) is 5. The topological polar surface area (TPSA) is 81.2 Å². The van der Waals surface area contributed by atoms with Gasteiger partial charge in [0.1, 0.15) is 6.04 Å². The first-order chi connectivity index (χ1) is 22.4. The molecule has 0 saturated carbocycles. The zero-order chi connectivity index (χ0) is 32.4. The molecular formula is C38H43N3O4S. The minimum absolute atomic E-state index is 0.0589. The Balaban J connectivity index is 1.42. The molecule has 240 valence electrons. The smallest absolute Gasteiger partial charge is 0.251 e. The maximum atomic E-state index is 15.0. The van der Waals surface area contributed by atoms with Gasteiger partial charge in [-0.15, -0.1) is 24.9 Å². The van der Waals surface area contributed by atoms with E-state index < -0.39 is 22.6 Å². The standard InChI is InChI=1S/C38H43N3O4S/c1-4-20-39(29-16-8-6-9-17-29)35(43)32-31-24-26(3)38(46-31)33(32)36(44)41(22-12-7-13-23-42)34(38)37(45)40(21-5-2)30-19-18-27-14-10-11-15-28(27)25-30/h4-6,8-11,14-19,25-26,31-34,42H,1-2,7,12-13,20-24H2,3H3/t26?,31-,32+,33-,34?,38?/m0/s1. The third-order valence-corrected chi connectivity index (χ3v) is 12.2. The average Bonchev–Trinajstić information content (AvgIpc) is 3.67. The van der Waals surface area contributed by atoms with Crippen LogP contribution in [0.15, 0.2) is 98.1 Å². The van der Waals surface area contributed by atoms with Crippen molar-refractivity contribution in [1.82, 2.24) is 4.90 Å². The van der Waals surface area contributed by atoms with Crippen molar-refractivity contribution in [3.05, 3.63) is 98.1 Å². The third-order valence-electron chi connectivity index (χ3n) is 10.1. The average molecular weight is 638 g/mol. The van der Waals surface area contributed by atoms with E-state index in [1.807, 2.05) is 72.8 Å². The Hall–Kier alpha value is -3.88. The van der Waals surface area contributed by atoms with E-state index in [1.54, 1.807) is 38.6 Å². The van der Waals surface area contributed by atoms with Crippen LogP contribution in [-0.2, 0) is 14.4 Å². The van der Waals surface area contributed by atoms with Gasteiger partial charge in [0.05, 0.1) is 16.6 Å². The number of carbonyl (C=O) groups is 3. The Morgan fingerprint density at radius 1 is 0.913 bits per heavy atom. The molecule has 6 atom stereocenters. The molecule has 3 heterocycles. The summed E-state index contributed by atoms with van der Waals surface area (Å²) in [6.45, 7) is 11.1. The highest BCUT2D eigenvalue weighted by Crippen LogP contribution is 2.69.